The lowest BCUT2D eigenvalue weighted by Crippen LogP contribution is -2.31. The molecule has 1 aliphatic rings. The molecule has 4 heterocycles. The van der Waals surface area contributed by atoms with Crippen LogP contribution in [-0.4, -0.2) is 36.4 Å². The van der Waals surface area contributed by atoms with Crippen LogP contribution in [0.25, 0.3) is 22.6 Å². The van der Waals surface area contributed by atoms with Crippen molar-refractivity contribution in [3.8, 4) is 22.6 Å². The summed E-state index contributed by atoms with van der Waals surface area (Å²) in [5, 5.41) is 0. The molecule has 0 fully saturated rings. The first-order valence-electron chi connectivity index (χ1n) is 9.88. The van der Waals surface area contributed by atoms with Crippen LogP contribution in [0.5, 0.6) is 0 Å². The van der Waals surface area contributed by atoms with Gasteiger partial charge >= 0.3 is 0 Å². The highest BCUT2D eigenvalue weighted by Crippen LogP contribution is 2.23. The number of pyridine rings is 1. The largest absolute Gasteiger partial charge is 0.294 e. The fourth-order valence-electron chi connectivity index (χ4n) is 3.67. The molecule has 0 bridgehead atoms. The highest BCUT2D eigenvalue weighted by Gasteiger charge is 2.19. The van der Waals surface area contributed by atoms with E-state index in [4.69, 9.17) is 4.98 Å². The summed E-state index contributed by atoms with van der Waals surface area (Å²) in [6.45, 7) is 2.37. The van der Waals surface area contributed by atoms with Gasteiger partial charge in [0.25, 0.3) is 0 Å². The molecule has 1 aliphatic heterocycles. The molecule has 4 aromatic rings. The summed E-state index contributed by atoms with van der Waals surface area (Å²) in [5.74, 6) is -1.09. The lowest BCUT2D eigenvalue weighted by Gasteiger charge is -2.28. The Kier molecular flexibility index (Phi) is 5.13. The lowest BCUT2D eigenvalue weighted by molar-refractivity contribution is 0.242. The van der Waals surface area contributed by atoms with Crippen LogP contribution >= 0.6 is 0 Å². The summed E-state index contributed by atoms with van der Waals surface area (Å²) in [7, 11) is 0. The third-order valence-corrected chi connectivity index (χ3v) is 5.28. The van der Waals surface area contributed by atoms with E-state index >= 15 is 0 Å². The van der Waals surface area contributed by atoms with Crippen LogP contribution in [0.1, 0.15) is 16.8 Å². The summed E-state index contributed by atoms with van der Waals surface area (Å²) in [6.07, 6.45) is 9.39. The Morgan fingerprint density at radius 2 is 1.74 bits per heavy atom. The van der Waals surface area contributed by atoms with Gasteiger partial charge in [-0.15, -0.1) is 0 Å². The average molecular weight is 416 g/mol. The van der Waals surface area contributed by atoms with Crippen LogP contribution < -0.4 is 0 Å². The number of hydrogen-bond acceptors (Lipinski definition) is 6. The minimum Gasteiger partial charge on any atom is -0.294 e. The molecule has 6 nitrogen and oxygen atoms in total. The van der Waals surface area contributed by atoms with E-state index in [2.05, 4.69) is 24.8 Å². The average Bonchev–Trinajstić information content (AvgIpc) is 2.82. The Morgan fingerprint density at radius 3 is 2.52 bits per heavy atom. The summed E-state index contributed by atoms with van der Waals surface area (Å²) < 4.78 is 26.6. The highest BCUT2D eigenvalue weighted by atomic mass is 19.2. The quantitative estimate of drug-likeness (QED) is 0.504. The monoisotopic (exact) mass is 416 g/mol. The van der Waals surface area contributed by atoms with Gasteiger partial charge in [0.2, 0.25) is 0 Å². The topological polar surface area (TPSA) is 67.7 Å². The van der Waals surface area contributed by atoms with Gasteiger partial charge < -0.3 is 0 Å². The zero-order chi connectivity index (χ0) is 21.2. The molecule has 0 spiro atoms. The smallest absolute Gasteiger partial charge is 0.162 e. The number of halogens is 2. The van der Waals surface area contributed by atoms with Gasteiger partial charge in [0, 0.05) is 62.0 Å². The summed E-state index contributed by atoms with van der Waals surface area (Å²) in [4.78, 5) is 24.0. The van der Waals surface area contributed by atoms with E-state index in [1.807, 2.05) is 18.3 Å². The summed E-state index contributed by atoms with van der Waals surface area (Å²) >= 11 is 0. The van der Waals surface area contributed by atoms with Crippen LogP contribution in [0.4, 0.5) is 8.78 Å². The van der Waals surface area contributed by atoms with Crippen LogP contribution in [-0.2, 0) is 19.5 Å². The summed E-state index contributed by atoms with van der Waals surface area (Å²) in [6, 6.07) is 7.60. The van der Waals surface area contributed by atoms with Crippen molar-refractivity contribution in [2.45, 2.75) is 19.5 Å². The van der Waals surface area contributed by atoms with Gasteiger partial charge in [0.1, 0.15) is 6.33 Å². The van der Waals surface area contributed by atoms with Crippen LogP contribution in [0, 0.1) is 11.6 Å². The van der Waals surface area contributed by atoms with Crippen molar-refractivity contribution in [1.29, 1.82) is 0 Å². The Labute approximate surface area is 177 Å². The molecule has 31 heavy (non-hydrogen) atoms. The van der Waals surface area contributed by atoms with Gasteiger partial charge in [-0.25, -0.2) is 28.7 Å². The second-order valence-corrected chi connectivity index (χ2v) is 7.43. The maximum atomic E-state index is 13.5. The normalized spacial score (nSPS) is 13.7. The molecular weight excluding hydrogens is 398 g/mol. The molecule has 0 aliphatic carbocycles. The Hall–Kier alpha value is -3.65. The fraction of sp³-hybridized carbons (Fsp3) is 0.174. The molecule has 0 N–H and O–H groups in total. The standard InChI is InChI=1S/C23H18F2N6/c24-19-3-2-16(7-20(19)25)21-4-1-15(8-28-21)12-31-6-5-22-18(13-31)11-29-23(30-22)17-9-26-14-27-10-17/h1-4,7-11,14H,5-6,12-13H2. The van der Waals surface area contributed by atoms with Gasteiger partial charge in [-0.2, -0.15) is 0 Å². The number of nitrogens with zero attached hydrogens (tertiary/aromatic N) is 6. The maximum absolute atomic E-state index is 13.5. The van der Waals surface area contributed by atoms with Gasteiger partial charge in [0.05, 0.1) is 17.0 Å². The van der Waals surface area contributed by atoms with Crippen molar-refractivity contribution in [2.75, 3.05) is 6.54 Å². The van der Waals surface area contributed by atoms with E-state index in [9.17, 15) is 8.78 Å². The van der Waals surface area contributed by atoms with Crippen LogP contribution in [0.3, 0.4) is 0 Å². The van der Waals surface area contributed by atoms with Gasteiger partial charge in [-0.05, 0) is 29.8 Å². The molecule has 3 aromatic heterocycles. The molecule has 154 valence electrons. The van der Waals surface area contributed by atoms with E-state index in [-0.39, 0.29) is 0 Å². The first-order chi connectivity index (χ1) is 15.2. The van der Waals surface area contributed by atoms with Crippen molar-refractivity contribution in [2.24, 2.45) is 0 Å². The molecule has 1 aromatic carbocycles. The molecule has 0 saturated carbocycles. The number of rotatable bonds is 4. The first kappa shape index (κ1) is 19.3. The van der Waals surface area contributed by atoms with Gasteiger partial charge in [0.15, 0.2) is 17.5 Å². The Morgan fingerprint density at radius 1 is 0.871 bits per heavy atom. The fourth-order valence-corrected chi connectivity index (χ4v) is 3.67. The van der Waals surface area contributed by atoms with E-state index in [1.165, 1.54) is 12.4 Å². The molecule has 0 unspecified atom stereocenters. The molecular formula is C23H18F2N6. The van der Waals surface area contributed by atoms with Crippen LogP contribution in [0.15, 0.2) is 61.4 Å². The van der Waals surface area contributed by atoms with Crippen molar-refractivity contribution in [3.63, 3.8) is 0 Å². The molecule has 0 radical (unpaired) electrons. The molecule has 0 amide bonds. The molecule has 0 atom stereocenters. The molecule has 0 saturated heterocycles. The first-order valence-corrected chi connectivity index (χ1v) is 9.88. The third-order valence-electron chi connectivity index (χ3n) is 5.28. The van der Waals surface area contributed by atoms with Gasteiger partial charge in [-0.3, -0.25) is 9.88 Å². The van der Waals surface area contributed by atoms with Crippen molar-refractivity contribution >= 4 is 0 Å². The van der Waals surface area contributed by atoms with Crippen molar-refractivity contribution < 1.29 is 8.78 Å². The lowest BCUT2D eigenvalue weighted by atomic mass is 10.1. The van der Waals surface area contributed by atoms with Crippen molar-refractivity contribution in [3.05, 3.63) is 89.9 Å². The van der Waals surface area contributed by atoms with E-state index in [0.717, 1.165) is 60.6 Å². The minimum atomic E-state index is -0.875. The predicted octanol–water partition coefficient (Wildman–Crippen LogP) is 3.83. The summed E-state index contributed by atoms with van der Waals surface area (Å²) in [5.41, 5.74) is 5.18. The Balaban J connectivity index is 1.27. The van der Waals surface area contributed by atoms with Crippen LogP contribution in [0.2, 0.25) is 0 Å². The van der Waals surface area contributed by atoms with E-state index in [1.54, 1.807) is 18.6 Å². The second-order valence-electron chi connectivity index (χ2n) is 7.43. The number of benzene rings is 1. The predicted molar refractivity (Wildman–Crippen MR) is 110 cm³/mol. The number of hydrogen-bond donors (Lipinski definition) is 0. The third kappa shape index (κ3) is 4.15. The van der Waals surface area contributed by atoms with E-state index < -0.39 is 11.6 Å². The Bertz CT molecular complexity index is 1210. The highest BCUT2D eigenvalue weighted by molar-refractivity contribution is 5.59. The second kappa shape index (κ2) is 8.23. The number of aromatic nitrogens is 5. The zero-order valence-corrected chi connectivity index (χ0v) is 16.5. The van der Waals surface area contributed by atoms with Gasteiger partial charge in [-0.1, -0.05) is 6.07 Å². The SMILES string of the molecule is Fc1ccc(-c2ccc(CN3CCc4nc(-c5cncnc5)ncc4C3)cn2)cc1F. The molecule has 8 heteroatoms. The number of fused-ring (bicyclic) bond motifs is 1. The molecule has 5 rings (SSSR count). The maximum Gasteiger partial charge on any atom is 0.162 e. The van der Waals surface area contributed by atoms with Crippen molar-refractivity contribution in [1.82, 2.24) is 29.8 Å². The van der Waals surface area contributed by atoms with E-state index in [0.29, 0.717) is 17.1 Å². The minimum absolute atomic E-state index is 0.550. The zero-order valence-electron chi connectivity index (χ0n) is 16.5.